The monoisotopic (exact) mass is 285 g/mol. The Labute approximate surface area is 119 Å². The van der Waals surface area contributed by atoms with Gasteiger partial charge in [-0.1, -0.05) is 6.42 Å². The molecular formula is C14H20ClNO3. The Morgan fingerprint density at radius 3 is 2.68 bits per heavy atom. The third-order valence-electron chi connectivity index (χ3n) is 3.40. The summed E-state index contributed by atoms with van der Waals surface area (Å²) >= 11 is 0. The maximum Gasteiger partial charge on any atom is 0.337 e. The number of ether oxygens (including phenoxy) is 2. The number of hydrogen-bond acceptors (Lipinski definition) is 4. The van der Waals surface area contributed by atoms with E-state index in [1.807, 2.05) is 0 Å². The fourth-order valence-corrected chi connectivity index (χ4v) is 1.99. The van der Waals surface area contributed by atoms with Crippen LogP contribution in [0, 0.1) is 5.92 Å². The molecule has 0 unspecified atom stereocenters. The molecule has 19 heavy (non-hydrogen) atoms. The number of rotatable bonds is 5. The zero-order chi connectivity index (χ0) is 13.0. The minimum Gasteiger partial charge on any atom is -0.493 e. The van der Waals surface area contributed by atoms with Gasteiger partial charge in [0.2, 0.25) is 0 Å². The van der Waals surface area contributed by atoms with E-state index >= 15 is 0 Å². The van der Waals surface area contributed by atoms with Gasteiger partial charge >= 0.3 is 5.97 Å². The molecule has 1 aromatic rings. The van der Waals surface area contributed by atoms with Gasteiger partial charge in [-0.3, -0.25) is 0 Å². The van der Waals surface area contributed by atoms with Crippen molar-refractivity contribution in [1.82, 2.24) is 0 Å². The summed E-state index contributed by atoms with van der Waals surface area (Å²) in [6.07, 6.45) is 3.80. The van der Waals surface area contributed by atoms with Crippen LogP contribution in [-0.2, 0) is 11.3 Å². The lowest BCUT2D eigenvalue weighted by molar-refractivity contribution is 0.0600. The summed E-state index contributed by atoms with van der Waals surface area (Å²) in [5, 5.41) is 0. The van der Waals surface area contributed by atoms with Crippen LogP contribution in [0.15, 0.2) is 18.2 Å². The smallest absolute Gasteiger partial charge is 0.337 e. The molecule has 1 saturated carbocycles. The largest absolute Gasteiger partial charge is 0.493 e. The molecular weight excluding hydrogens is 266 g/mol. The summed E-state index contributed by atoms with van der Waals surface area (Å²) in [6, 6.07) is 5.25. The first kappa shape index (κ1) is 15.8. The van der Waals surface area contributed by atoms with Gasteiger partial charge in [0.15, 0.2) is 0 Å². The second-order valence-corrected chi connectivity index (χ2v) is 4.63. The van der Waals surface area contributed by atoms with Gasteiger partial charge in [0, 0.05) is 12.1 Å². The van der Waals surface area contributed by atoms with E-state index in [-0.39, 0.29) is 18.4 Å². The first-order valence-electron chi connectivity index (χ1n) is 6.28. The second-order valence-electron chi connectivity index (χ2n) is 4.63. The Kier molecular flexibility index (Phi) is 6.12. The molecule has 0 radical (unpaired) electrons. The average molecular weight is 286 g/mol. The molecule has 0 spiro atoms. The van der Waals surface area contributed by atoms with Crippen LogP contribution in [0.1, 0.15) is 35.2 Å². The molecule has 0 atom stereocenters. The van der Waals surface area contributed by atoms with Crippen molar-refractivity contribution in [3.63, 3.8) is 0 Å². The number of halogens is 1. The molecule has 0 heterocycles. The predicted molar refractivity (Wildman–Crippen MR) is 75.8 cm³/mol. The molecule has 0 aliphatic heterocycles. The van der Waals surface area contributed by atoms with Crippen LogP contribution < -0.4 is 10.5 Å². The maximum atomic E-state index is 11.4. The van der Waals surface area contributed by atoms with Gasteiger partial charge in [-0.05, 0) is 37.0 Å². The molecule has 0 saturated heterocycles. The lowest BCUT2D eigenvalue weighted by atomic mass is 9.86. The summed E-state index contributed by atoms with van der Waals surface area (Å²) in [5.74, 6) is 1.10. The van der Waals surface area contributed by atoms with Crippen molar-refractivity contribution in [2.45, 2.75) is 25.8 Å². The molecule has 0 bridgehead atoms. The van der Waals surface area contributed by atoms with Crippen molar-refractivity contribution in [2.24, 2.45) is 11.7 Å². The van der Waals surface area contributed by atoms with Gasteiger partial charge in [0.05, 0.1) is 19.3 Å². The number of carbonyl (C=O) groups is 1. The molecule has 2 rings (SSSR count). The average Bonchev–Trinajstić information content (AvgIpc) is 2.36. The topological polar surface area (TPSA) is 61.5 Å². The molecule has 1 aliphatic carbocycles. The Balaban J connectivity index is 0.00000180. The fraction of sp³-hybridized carbons (Fsp3) is 0.500. The number of hydrogen-bond donors (Lipinski definition) is 1. The number of esters is 1. The number of carbonyl (C=O) groups excluding carboxylic acids is 1. The molecule has 4 nitrogen and oxygen atoms in total. The van der Waals surface area contributed by atoms with Crippen LogP contribution in [0.25, 0.3) is 0 Å². The summed E-state index contributed by atoms with van der Waals surface area (Å²) in [7, 11) is 1.37. The molecule has 2 N–H and O–H groups in total. The summed E-state index contributed by atoms with van der Waals surface area (Å²) in [6.45, 7) is 1.09. The van der Waals surface area contributed by atoms with Crippen molar-refractivity contribution in [2.75, 3.05) is 13.7 Å². The Morgan fingerprint density at radius 1 is 1.42 bits per heavy atom. The van der Waals surface area contributed by atoms with E-state index in [4.69, 9.17) is 10.5 Å². The number of benzene rings is 1. The van der Waals surface area contributed by atoms with Gasteiger partial charge in [-0.2, -0.15) is 0 Å². The van der Waals surface area contributed by atoms with E-state index in [2.05, 4.69) is 4.74 Å². The molecule has 1 aliphatic rings. The number of nitrogens with two attached hydrogens (primary N) is 1. The standard InChI is InChI=1S/C14H19NO3.ClH/c1-17-14(16)11-5-6-13(12(7-11)8-15)18-9-10-3-2-4-10;/h5-7,10H,2-4,8-9,15H2,1H3;1H. The van der Waals surface area contributed by atoms with Crippen LogP contribution in [0.2, 0.25) is 0 Å². The lowest BCUT2D eigenvalue weighted by Gasteiger charge is -2.25. The maximum absolute atomic E-state index is 11.4. The van der Waals surface area contributed by atoms with Gasteiger partial charge in [0.25, 0.3) is 0 Å². The minimum atomic E-state index is -0.352. The first-order chi connectivity index (χ1) is 8.74. The summed E-state index contributed by atoms with van der Waals surface area (Å²) in [5.41, 5.74) is 7.03. The highest BCUT2D eigenvalue weighted by Gasteiger charge is 2.18. The Bertz CT molecular complexity index is 433. The van der Waals surface area contributed by atoms with E-state index in [0.717, 1.165) is 17.9 Å². The van der Waals surface area contributed by atoms with E-state index in [0.29, 0.717) is 18.0 Å². The van der Waals surface area contributed by atoms with Crippen molar-refractivity contribution in [3.05, 3.63) is 29.3 Å². The van der Waals surface area contributed by atoms with Crippen molar-refractivity contribution >= 4 is 18.4 Å². The summed E-state index contributed by atoms with van der Waals surface area (Å²) < 4.78 is 10.4. The molecule has 0 aromatic heterocycles. The van der Waals surface area contributed by atoms with Crippen LogP contribution in [0.3, 0.4) is 0 Å². The van der Waals surface area contributed by atoms with Gasteiger partial charge in [-0.25, -0.2) is 4.79 Å². The van der Waals surface area contributed by atoms with Crippen molar-refractivity contribution < 1.29 is 14.3 Å². The third kappa shape index (κ3) is 3.85. The normalized spacial score (nSPS) is 14.2. The van der Waals surface area contributed by atoms with Gasteiger partial charge in [0.1, 0.15) is 5.75 Å². The van der Waals surface area contributed by atoms with Crippen LogP contribution in [0.5, 0.6) is 5.75 Å². The highest BCUT2D eigenvalue weighted by molar-refractivity contribution is 5.89. The highest BCUT2D eigenvalue weighted by Crippen LogP contribution is 2.28. The van der Waals surface area contributed by atoms with Crippen molar-refractivity contribution in [1.29, 1.82) is 0 Å². The SMILES string of the molecule is COC(=O)c1ccc(OCC2CCC2)c(CN)c1.Cl. The Morgan fingerprint density at radius 2 is 2.16 bits per heavy atom. The summed E-state index contributed by atoms with van der Waals surface area (Å²) in [4.78, 5) is 11.4. The fourth-order valence-electron chi connectivity index (χ4n) is 1.99. The number of methoxy groups -OCH3 is 1. The van der Waals surface area contributed by atoms with Crippen LogP contribution >= 0.6 is 12.4 Å². The quantitative estimate of drug-likeness (QED) is 0.845. The molecule has 0 amide bonds. The Hall–Kier alpha value is -1.26. The molecule has 1 fully saturated rings. The highest BCUT2D eigenvalue weighted by atomic mass is 35.5. The molecule has 5 heteroatoms. The second kappa shape index (κ2) is 7.36. The van der Waals surface area contributed by atoms with Gasteiger partial charge < -0.3 is 15.2 Å². The zero-order valence-corrected chi connectivity index (χ0v) is 11.9. The van der Waals surface area contributed by atoms with Crippen molar-refractivity contribution in [3.8, 4) is 5.75 Å². The van der Waals surface area contributed by atoms with E-state index < -0.39 is 0 Å². The molecule has 106 valence electrons. The van der Waals surface area contributed by atoms with E-state index in [1.165, 1.54) is 26.4 Å². The minimum absolute atomic E-state index is 0. The lowest BCUT2D eigenvalue weighted by Crippen LogP contribution is -2.20. The van der Waals surface area contributed by atoms with Gasteiger partial charge in [-0.15, -0.1) is 12.4 Å². The zero-order valence-electron chi connectivity index (χ0n) is 11.1. The van der Waals surface area contributed by atoms with Crippen LogP contribution in [0.4, 0.5) is 0 Å². The van der Waals surface area contributed by atoms with E-state index in [1.54, 1.807) is 18.2 Å². The third-order valence-corrected chi connectivity index (χ3v) is 3.40. The predicted octanol–water partition coefficient (Wildman–Crippen LogP) is 2.53. The van der Waals surface area contributed by atoms with E-state index in [9.17, 15) is 4.79 Å². The first-order valence-corrected chi connectivity index (χ1v) is 6.28. The molecule has 1 aromatic carbocycles. The van der Waals surface area contributed by atoms with Crippen LogP contribution in [-0.4, -0.2) is 19.7 Å².